The quantitative estimate of drug-likeness (QED) is 0.0968. The van der Waals surface area contributed by atoms with Crippen LogP contribution in [-0.4, -0.2) is 37.0 Å². The normalized spacial score (nSPS) is 12.0. The van der Waals surface area contributed by atoms with E-state index in [9.17, 15) is 0 Å². The third-order valence-electron chi connectivity index (χ3n) is 8.93. The molecule has 242 valence electrons. The van der Waals surface area contributed by atoms with E-state index in [2.05, 4.69) is 182 Å². The van der Waals surface area contributed by atoms with Crippen molar-refractivity contribution in [2.75, 3.05) is 37.0 Å². The number of rotatable bonds is 15. The van der Waals surface area contributed by atoms with Gasteiger partial charge in [-0.25, -0.2) is 0 Å². The van der Waals surface area contributed by atoms with Gasteiger partial charge in [-0.15, -0.1) is 7.92 Å². The van der Waals surface area contributed by atoms with E-state index in [0.29, 0.717) is 0 Å². The molecule has 6 rings (SSSR count). The third kappa shape index (κ3) is 8.79. The lowest BCUT2D eigenvalue weighted by Gasteiger charge is -2.30. The molecule has 0 aliphatic carbocycles. The molecule has 0 atom stereocenters. The van der Waals surface area contributed by atoms with Crippen molar-refractivity contribution >= 4 is 83.4 Å². The van der Waals surface area contributed by atoms with Gasteiger partial charge in [0.05, 0.1) is 0 Å². The lowest BCUT2D eigenvalue weighted by molar-refractivity contribution is 1.36. The van der Waals surface area contributed by atoms with E-state index >= 15 is 0 Å². The van der Waals surface area contributed by atoms with Gasteiger partial charge in [0.2, 0.25) is 0 Å². The standard InChI is InChI=1S/C42H42P4S2/c47-45(39-23-11-3-12-24-39,40-25-13-4-14-26-40)35-33-43(31-32-44(37-19-7-1-8-20-37)38-21-9-2-10-22-38)34-36-46(48,41-27-15-5-16-28-41)42-29-17-6-18-30-42/h1-30H,31-36H2. The molecule has 0 heterocycles. The van der Waals surface area contributed by atoms with Crippen LogP contribution in [0.2, 0.25) is 0 Å². The summed E-state index contributed by atoms with van der Waals surface area (Å²) in [6.45, 7) is 0. The molecule has 6 aromatic rings. The zero-order valence-corrected chi connectivity index (χ0v) is 32.4. The lowest BCUT2D eigenvalue weighted by Crippen LogP contribution is -2.22. The Morgan fingerprint density at radius 2 is 0.604 bits per heavy atom. The highest BCUT2D eigenvalue weighted by molar-refractivity contribution is 8.22. The van der Waals surface area contributed by atoms with Crippen molar-refractivity contribution in [3.63, 3.8) is 0 Å². The van der Waals surface area contributed by atoms with Crippen molar-refractivity contribution in [2.45, 2.75) is 0 Å². The monoisotopic (exact) mass is 734 g/mol. The fourth-order valence-electron chi connectivity index (χ4n) is 6.25. The van der Waals surface area contributed by atoms with Crippen LogP contribution in [0.15, 0.2) is 182 Å². The van der Waals surface area contributed by atoms with E-state index in [1.807, 2.05) is 0 Å². The van der Waals surface area contributed by atoms with Crippen LogP contribution < -0.4 is 31.8 Å². The van der Waals surface area contributed by atoms with E-state index < -0.39 is 20.0 Å². The molecule has 6 aromatic carbocycles. The Hall–Kier alpha value is -2.52. The topological polar surface area (TPSA) is 0 Å². The second-order valence-corrected chi connectivity index (χ2v) is 26.6. The molecular weight excluding hydrogens is 692 g/mol. The molecule has 0 spiro atoms. The first-order valence-corrected chi connectivity index (χ1v) is 26.0. The van der Waals surface area contributed by atoms with E-state index in [1.54, 1.807) is 0 Å². The van der Waals surface area contributed by atoms with Crippen LogP contribution >= 0.6 is 27.9 Å². The smallest absolute Gasteiger partial charge is 0.0109 e. The van der Waals surface area contributed by atoms with Crippen molar-refractivity contribution in [3.8, 4) is 0 Å². The summed E-state index contributed by atoms with van der Waals surface area (Å²) in [7, 11) is -0.780. The molecule has 0 unspecified atom stereocenters. The highest BCUT2D eigenvalue weighted by Gasteiger charge is 2.27. The maximum absolute atomic E-state index is 6.76. The average molecular weight is 735 g/mol. The van der Waals surface area contributed by atoms with Gasteiger partial charge in [0.1, 0.15) is 0 Å². The Labute approximate surface area is 300 Å². The minimum Gasteiger partial charge on any atom is -0.106 e. The van der Waals surface area contributed by atoms with Crippen LogP contribution in [0.4, 0.5) is 0 Å². The molecule has 0 saturated carbocycles. The Morgan fingerprint density at radius 1 is 0.333 bits per heavy atom. The van der Waals surface area contributed by atoms with Crippen LogP contribution in [0.3, 0.4) is 0 Å². The highest BCUT2D eigenvalue weighted by atomic mass is 32.4. The zero-order valence-electron chi connectivity index (χ0n) is 27.2. The summed E-state index contributed by atoms with van der Waals surface area (Å²) < 4.78 is 0. The van der Waals surface area contributed by atoms with Gasteiger partial charge in [-0.3, -0.25) is 0 Å². The second kappa shape index (κ2) is 17.4. The van der Waals surface area contributed by atoms with Gasteiger partial charge < -0.3 is 0 Å². The Kier molecular flexibility index (Phi) is 12.8. The van der Waals surface area contributed by atoms with Gasteiger partial charge in [-0.05, 0) is 76.7 Å². The van der Waals surface area contributed by atoms with E-state index in [-0.39, 0.29) is 7.92 Å². The van der Waals surface area contributed by atoms with Gasteiger partial charge >= 0.3 is 0 Å². The summed E-state index contributed by atoms with van der Waals surface area (Å²) in [6, 6.07) is 62.2. The minimum atomic E-state index is -1.98. The van der Waals surface area contributed by atoms with Crippen LogP contribution in [0, 0.1) is 0 Å². The predicted molar refractivity (Wildman–Crippen MR) is 228 cm³/mol. The van der Waals surface area contributed by atoms with Crippen molar-refractivity contribution in [1.82, 2.24) is 0 Å². The summed E-state index contributed by atoms with van der Waals surface area (Å²) in [4.78, 5) is 0. The number of benzene rings is 6. The molecule has 0 aliphatic rings. The summed E-state index contributed by atoms with van der Waals surface area (Å²) in [5.41, 5.74) is 0. The zero-order chi connectivity index (χ0) is 33.1. The number of hydrogen-bond acceptors (Lipinski definition) is 2. The van der Waals surface area contributed by atoms with Gasteiger partial charge in [0.25, 0.3) is 0 Å². The molecule has 0 aromatic heterocycles. The molecule has 0 N–H and O–H groups in total. The van der Waals surface area contributed by atoms with Gasteiger partial charge in [0, 0.05) is 12.1 Å². The van der Waals surface area contributed by atoms with Crippen molar-refractivity contribution in [3.05, 3.63) is 182 Å². The second-order valence-electron chi connectivity index (χ2n) is 11.9. The van der Waals surface area contributed by atoms with E-state index in [0.717, 1.165) is 12.3 Å². The molecule has 48 heavy (non-hydrogen) atoms. The van der Waals surface area contributed by atoms with Crippen LogP contribution in [0.1, 0.15) is 0 Å². The van der Waals surface area contributed by atoms with Crippen LogP contribution in [-0.2, 0) is 23.6 Å². The highest BCUT2D eigenvalue weighted by Crippen LogP contribution is 2.52. The summed E-state index contributed by atoms with van der Waals surface area (Å²) in [6.07, 6.45) is 6.85. The molecule has 6 heteroatoms. The van der Waals surface area contributed by atoms with Gasteiger partial charge in [-0.1, -0.05) is 206 Å². The fraction of sp³-hybridized carbons (Fsp3) is 0.143. The Bertz CT molecular complexity index is 1690. The first-order valence-electron chi connectivity index (χ1n) is 16.6. The Balaban J connectivity index is 1.32. The Morgan fingerprint density at radius 3 is 0.896 bits per heavy atom. The maximum atomic E-state index is 6.76. The lowest BCUT2D eigenvalue weighted by atomic mass is 10.4. The SMILES string of the molecule is S=P(CCP(CCP(c1ccccc1)c1ccccc1)CCP(=S)(c1ccccc1)c1ccccc1)(c1ccccc1)c1ccccc1. The summed E-state index contributed by atoms with van der Waals surface area (Å²) in [5.74, 6) is 0. The fourth-order valence-corrected chi connectivity index (χ4v) is 22.4. The minimum absolute atomic E-state index is 0.326. The molecule has 0 nitrogen and oxygen atoms in total. The van der Waals surface area contributed by atoms with Gasteiger partial charge in [-0.2, -0.15) is 0 Å². The molecule has 0 bridgehead atoms. The van der Waals surface area contributed by atoms with Crippen molar-refractivity contribution < 1.29 is 0 Å². The molecule has 0 fully saturated rings. The average Bonchev–Trinajstić information content (AvgIpc) is 3.17. The van der Waals surface area contributed by atoms with Crippen LogP contribution in [0.5, 0.6) is 0 Å². The third-order valence-corrected chi connectivity index (χ3v) is 24.9. The largest absolute Gasteiger partial charge is 0.106 e. The maximum Gasteiger partial charge on any atom is 0.0109 e. The van der Waals surface area contributed by atoms with Crippen molar-refractivity contribution in [2.24, 2.45) is 0 Å². The summed E-state index contributed by atoms with van der Waals surface area (Å²) in [5, 5.41) is 8.25. The predicted octanol–water partition coefficient (Wildman–Crippen LogP) is 8.86. The molecule has 0 saturated heterocycles. The molecule has 0 radical (unpaired) electrons. The van der Waals surface area contributed by atoms with E-state index in [4.69, 9.17) is 23.6 Å². The number of hydrogen-bond donors (Lipinski definition) is 0. The van der Waals surface area contributed by atoms with Crippen LogP contribution in [0.25, 0.3) is 0 Å². The molecular formula is C42H42P4S2. The molecule has 0 amide bonds. The van der Waals surface area contributed by atoms with Crippen molar-refractivity contribution in [1.29, 1.82) is 0 Å². The van der Waals surface area contributed by atoms with E-state index in [1.165, 1.54) is 56.5 Å². The first-order chi connectivity index (χ1) is 23.6. The molecule has 0 aliphatic heterocycles. The first kappa shape index (κ1) is 35.3. The van der Waals surface area contributed by atoms with Gasteiger partial charge in [0.15, 0.2) is 0 Å². The summed E-state index contributed by atoms with van der Waals surface area (Å²) >= 11 is 13.5.